The Morgan fingerprint density at radius 2 is 1.71 bits per heavy atom. The molecular weight excluding hydrogens is 549 g/mol. The summed E-state index contributed by atoms with van der Waals surface area (Å²) in [6.45, 7) is 6.25. The molecule has 0 aliphatic carbocycles. The van der Waals surface area contributed by atoms with Crippen LogP contribution >= 0.6 is 11.6 Å². The topological polar surface area (TPSA) is 103 Å². The van der Waals surface area contributed by atoms with Crippen LogP contribution in [-0.2, 0) is 17.8 Å². The molecule has 10 heteroatoms. The molecule has 1 heterocycles. The van der Waals surface area contributed by atoms with E-state index in [0.717, 1.165) is 4.57 Å². The van der Waals surface area contributed by atoms with Crippen molar-refractivity contribution >= 4 is 17.7 Å². The minimum absolute atomic E-state index is 0.0727. The van der Waals surface area contributed by atoms with Crippen molar-refractivity contribution in [1.29, 1.82) is 0 Å². The summed E-state index contributed by atoms with van der Waals surface area (Å²) in [5, 5.41) is 13.0. The summed E-state index contributed by atoms with van der Waals surface area (Å²) < 4.78 is 22.5. The van der Waals surface area contributed by atoms with Crippen LogP contribution in [0.15, 0.2) is 82.4 Å². The lowest BCUT2D eigenvalue weighted by molar-refractivity contribution is 0.0497. The van der Waals surface area contributed by atoms with E-state index >= 15 is 0 Å². The summed E-state index contributed by atoms with van der Waals surface area (Å²) in [6, 6.07) is 18.3. The number of aromatic nitrogens is 2. The average Bonchev–Trinajstić information content (AvgIpc) is 2.89. The summed E-state index contributed by atoms with van der Waals surface area (Å²) in [4.78, 5) is 40.7. The van der Waals surface area contributed by atoms with Gasteiger partial charge in [-0.1, -0.05) is 60.1 Å². The number of nitrogens with zero attached hydrogens (tertiary/aromatic N) is 2. The van der Waals surface area contributed by atoms with E-state index in [0.29, 0.717) is 11.1 Å². The molecule has 0 bridgehead atoms. The summed E-state index contributed by atoms with van der Waals surface area (Å²) in [5.41, 5.74) is -0.657. The molecule has 1 amide bonds. The van der Waals surface area contributed by atoms with Gasteiger partial charge in [-0.2, -0.15) is 0 Å². The monoisotopic (exact) mass is 579 g/mol. The number of aromatic hydroxyl groups is 1. The molecule has 0 fully saturated rings. The highest BCUT2D eigenvalue weighted by molar-refractivity contribution is 6.31. The number of phenolic OH excluding ortho intramolecular Hbond substituents is 1. The van der Waals surface area contributed by atoms with Gasteiger partial charge in [-0.25, -0.2) is 14.0 Å². The van der Waals surface area contributed by atoms with Gasteiger partial charge in [0.15, 0.2) is 0 Å². The van der Waals surface area contributed by atoms with Gasteiger partial charge in [0.1, 0.15) is 17.2 Å². The van der Waals surface area contributed by atoms with Crippen LogP contribution in [0.2, 0.25) is 5.02 Å². The van der Waals surface area contributed by atoms with E-state index in [2.05, 4.69) is 5.32 Å². The van der Waals surface area contributed by atoms with Gasteiger partial charge in [0.25, 0.3) is 5.56 Å². The first-order valence-electron chi connectivity index (χ1n) is 13.0. The second-order valence-electron chi connectivity index (χ2n) is 10.6. The molecule has 0 radical (unpaired) electrons. The predicted octanol–water partition coefficient (Wildman–Crippen LogP) is 5.80. The maximum Gasteiger partial charge on any atom is 0.408 e. The summed E-state index contributed by atoms with van der Waals surface area (Å²) in [7, 11) is 0. The van der Waals surface area contributed by atoms with E-state index in [-0.39, 0.29) is 40.7 Å². The van der Waals surface area contributed by atoms with Crippen molar-refractivity contribution in [3.8, 4) is 16.9 Å². The fourth-order valence-corrected chi connectivity index (χ4v) is 4.76. The quantitative estimate of drug-likeness (QED) is 0.288. The molecule has 214 valence electrons. The van der Waals surface area contributed by atoms with Crippen LogP contribution in [0.3, 0.4) is 0 Å². The van der Waals surface area contributed by atoms with Crippen LogP contribution in [0.1, 0.15) is 43.6 Å². The Kier molecular flexibility index (Phi) is 8.68. The molecular formula is C31H31ClFN3O5. The number of phenols is 1. The zero-order valence-corrected chi connectivity index (χ0v) is 23.9. The Hall–Kier alpha value is -4.37. The third-order valence-electron chi connectivity index (χ3n) is 6.46. The Morgan fingerprint density at radius 1 is 1.02 bits per heavy atom. The van der Waals surface area contributed by atoms with Crippen molar-refractivity contribution in [3.63, 3.8) is 0 Å². The molecule has 8 nitrogen and oxygen atoms in total. The smallest absolute Gasteiger partial charge is 0.408 e. The Balaban J connectivity index is 1.91. The van der Waals surface area contributed by atoms with Gasteiger partial charge >= 0.3 is 11.8 Å². The second kappa shape index (κ2) is 12.0. The van der Waals surface area contributed by atoms with Gasteiger partial charge in [0.2, 0.25) is 0 Å². The number of halogens is 2. The van der Waals surface area contributed by atoms with Gasteiger partial charge in [-0.3, -0.25) is 13.9 Å². The molecule has 4 aromatic rings. The maximum absolute atomic E-state index is 14.8. The lowest BCUT2D eigenvalue weighted by atomic mass is 10.0. The number of alkyl carbamates (subject to hydrolysis) is 1. The number of amides is 1. The highest BCUT2D eigenvalue weighted by atomic mass is 35.5. The van der Waals surface area contributed by atoms with Crippen LogP contribution in [0, 0.1) is 12.7 Å². The Bertz CT molecular complexity index is 1670. The van der Waals surface area contributed by atoms with Crippen LogP contribution in [0.25, 0.3) is 11.1 Å². The number of benzene rings is 3. The third-order valence-corrected chi connectivity index (χ3v) is 6.81. The van der Waals surface area contributed by atoms with Crippen LogP contribution in [-0.4, -0.2) is 25.9 Å². The van der Waals surface area contributed by atoms with E-state index < -0.39 is 34.8 Å². The van der Waals surface area contributed by atoms with Crippen LogP contribution < -0.4 is 16.6 Å². The first kappa shape index (κ1) is 29.6. The van der Waals surface area contributed by atoms with Crippen molar-refractivity contribution in [1.82, 2.24) is 14.5 Å². The number of hydrogen-bond donors (Lipinski definition) is 2. The molecule has 0 spiro atoms. The molecule has 3 aromatic carbocycles. The van der Waals surface area contributed by atoms with Gasteiger partial charge < -0.3 is 15.2 Å². The average molecular weight is 580 g/mol. The molecule has 0 aliphatic heterocycles. The van der Waals surface area contributed by atoms with Gasteiger partial charge in [-0.05, 0) is 63.1 Å². The van der Waals surface area contributed by atoms with Crippen molar-refractivity contribution in [3.05, 3.63) is 121 Å². The van der Waals surface area contributed by atoms with E-state index in [4.69, 9.17) is 16.3 Å². The summed E-state index contributed by atoms with van der Waals surface area (Å²) in [6.07, 6.45) is -0.724. The van der Waals surface area contributed by atoms with Crippen molar-refractivity contribution in [2.24, 2.45) is 0 Å². The maximum atomic E-state index is 14.8. The van der Waals surface area contributed by atoms with Crippen molar-refractivity contribution < 1.29 is 19.0 Å². The van der Waals surface area contributed by atoms with Gasteiger partial charge in [-0.15, -0.1) is 0 Å². The molecule has 1 atom stereocenters. The summed E-state index contributed by atoms with van der Waals surface area (Å²) >= 11 is 6.29. The zero-order valence-electron chi connectivity index (χ0n) is 23.2. The minimum atomic E-state index is -0.832. The van der Waals surface area contributed by atoms with E-state index in [1.54, 1.807) is 70.2 Å². The van der Waals surface area contributed by atoms with Crippen molar-refractivity contribution in [2.75, 3.05) is 0 Å². The normalized spacial score (nSPS) is 12.1. The largest absolute Gasteiger partial charge is 0.508 e. The lowest BCUT2D eigenvalue weighted by Gasteiger charge is -2.25. The minimum Gasteiger partial charge on any atom is -0.508 e. The van der Waals surface area contributed by atoms with Crippen LogP contribution in [0.4, 0.5) is 9.18 Å². The number of ether oxygens (including phenoxy) is 1. The zero-order chi connectivity index (χ0) is 29.9. The Morgan fingerprint density at radius 3 is 2.34 bits per heavy atom. The molecule has 41 heavy (non-hydrogen) atoms. The molecule has 0 saturated heterocycles. The highest BCUT2D eigenvalue weighted by Gasteiger charge is 2.25. The first-order valence-corrected chi connectivity index (χ1v) is 13.3. The van der Waals surface area contributed by atoms with Gasteiger partial charge in [0, 0.05) is 16.3 Å². The standard InChI is InChI=1S/C31H31ClFN3O5/c1-19-27(21-12-8-13-22(37)16-21)28(38)36(30(40)35(19)17-23-24(32)14-9-15-25(23)33)18-26(20-10-6-5-7-11-20)34-29(39)41-31(2,3)4/h5-16,26,37H,17-18H2,1-4H3,(H,34,39)/t26-/m1/s1. The fourth-order valence-electron chi connectivity index (χ4n) is 4.54. The van der Waals surface area contributed by atoms with E-state index in [1.165, 1.54) is 34.9 Å². The van der Waals surface area contributed by atoms with E-state index in [9.17, 15) is 23.9 Å². The molecule has 0 aliphatic rings. The lowest BCUT2D eigenvalue weighted by Crippen LogP contribution is -2.46. The predicted molar refractivity (Wildman–Crippen MR) is 156 cm³/mol. The van der Waals surface area contributed by atoms with E-state index in [1.807, 2.05) is 0 Å². The molecule has 4 rings (SSSR count). The number of carbonyl (C=O) groups is 1. The SMILES string of the molecule is Cc1c(-c2cccc(O)c2)c(=O)n(C[C@@H](NC(=O)OC(C)(C)C)c2ccccc2)c(=O)n1Cc1c(F)cccc1Cl. The first-order chi connectivity index (χ1) is 19.4. The summed E-state index contributed by atoms with van der Waals surface area (Å²) in [5.74, 6) is -0.675. The number of nitrogens with one attached hydrogen (secondary N) is 1. The number of rotatable bonds is 7. The Labute approximate surface area is 241 Å². The number of carbonyl (C=O) groups excluding carboxylic acids is 1. The third kappa shape index (κ3) is 6.86. The number of hydrogen-bond acceptors (Lipinski definition) is 5. The van der Waals surface area contributed by atoms with Crippen molar-refractivity contribution in [2.45, 2.75) is 52.4 Å². The second-order valence-corrected chi connectivity index (χ2v) is 11.0. The highest BCUT2D eigenvalue weighted by Crippen LogP contribution is 2.25. The molecule has 0 unspecified atom stereocenters. The fraction of sp³-hybridized carbons (Fsp3) is 0.258. The molecule has 2 N–H and O–H groups in total. The van der Waals surface area contributed by atoms with Gasteiger partial charge in [0.05, 0.1) is 24.7 Å². The molecule has 0 saturated carbocycles. The van der Waals surface area contributed by atoms with Crippen LogP contribution in [0.5, 0.6) is 5.75 Å². The molecule has 1 aromatic heterocycles.